The number of rotatable bonds is 5. The van der Waals surface area contributed by atoms with E-state index >= 15 is 0 Å². The van der Waals surface area contributed by atoms with E-state index in [1.165, 1.54) is 17.4 Å². The lowest BCUT2D eigenvalue weighted by Gasteiger charge is -2.09. The fourth-order valence-corrected chi connectivity index (χ4v) is 2.79. The third kappa shape index (κ3) is 3.62. The van der Waals surface area contributed by atoms with Crippen LogP contribution in [0.2, 0.25) is 4.34 Å². The average molecular weight is 297 g/mol. The molecule has 0 radical (unpaired) electrons. The maximum absolute atomic E-state index is 11.1. The maximum atomic E-state index is 11.1. The van der Waals surface area contributed by atoms with Crippen molar-refractivity contribution in [3.05, 3.63) is 45.1 Å². The number of carboxylic acid groups (broad SMARTS) is 1. The van der Waals surface area contributed by atoms with Crippen LogP contribution < -0.4 is 11.1 Å². The molecule has 6 heteroatoms. The Kier molecular flexibility index (Phi) is 4.29. The number of anilines is 2. The molecule has 2 aromatic rings. The van der Waals surface area contributed by atoms with Gasteiger partial charge in [0.25, 0.3) is 0 Å². The summed E-state index contributed by atoms with van der Waals surface area (Å²) in [6.45, 7) is 0.626. The number of nitrogen functional groups attached to an aromatic ring is 1. The Morgan fingerprint density at radius 3 is 2.79 bits per heavy atom. The lowest BCUT2D eigenvalue weighted by molar-refractivity contribution is 0.0698. The Balaban J connectivity index is 2.02. The van der Waals surface area contributed by atoms with Crippen molar-refractivity contribution in [3.8, 4) is 0 Å². The summed E-state index contributed by atoms with van der Waals surface area (Å²) in [5.41, 5.74) is 6.96. The standard InChI is InChI=1S/C13H13ClN2O2S/c14-12-4-2-9(19-12)5-6-16-11-7-8(15)1-3-10(11)13(17)18/h1-4,7,16H,5-6,15H2,(H,17,18). The van der Waals surface area contributed by atoms with Crippen molar-refractivity contribution in [3.63, 3.8) is 0 Å². The van der Waals surface area contributed by atoms with Crippen LogP contribution in [0.5, 0.6) is 0 Å². The molecule has 1 aromatic heterocycles. The van der Waals surface area contributed by atoms with Gasteiger partial charge in [0, 0.05) is 17.1 Å². The van der Waals surface area contributed by atoms with Gasteiger partial charge >= 0.3 is 5.97 Å². The zero-order chi connectivity index (χ0) is 13.8. The van der Waals surface area contributed by atoms with E-state index in [1.807, 2.05) is 12.1 Å². The molecule has 4 N–H and O–H groups in total. The molecule has 100 valence electrons. The SMILES string of the molecule is Nc1ccc(C(=O)O)c(NCCc2ccc(Cl)s2)c1. The predicted molar refractivity (Wildman–Crippen MR) is 79.3 cm³/mol. The minimum absolute atomic E-state index is 0.221. The van der Waals surface area contributed by atoms with Crippen LogP contribution in [0.15, 0.2) is 30.3 Å². The fourth-order valence-electron chi connectivity index (χ4n) is 1.70. The van der Waals surface area contributed by atoms with Crippen LogP contribution >= 0.6 is 22.9 Å². The molecule has 1 aromatic carbocycles. The third-order valence-corrected chi connectivity index (χ3v) is 3.88. The second-order valence-electron chi connectivity index (χ2n) is 3.99. The Morgan fingerprint density at radius 2 is 2.16 bits per heavy atom. The molecule has 1 heterocycles. The molecule has 0 unspecified atom stereocenters. The van der Waals surface area contributed by atoms with E-state index in [4.69, 9.17) is 22.4 Å². The second-order valence-corrected chi connectivity index (χ2v) is 5.79. The number of thiophene rings is 1. The zero-order valence-electron chi connectivity index (χ0n) is 10.0. The molecule has 0 amide bonds. The van der Waals surface area contributed by atoms with E-state index in [0.717, 1.165) is 15.6 Å². The van der Waals surface area contributed by atoms with Crippen LogP contribution in [-0.2, 0) is 6.42 Å². The van der Waals surface area contributed by atoms with Gasteiger partial charge in [-0.05, 0) is 36.8 Å². The number of hydrogen-bond donors (Lipinski definition) is 3. The number of nitrogens with one attached hydrogen (secondary N) is 1. The molecule has 0 aliphatic rings. The molecular weight excluding hydrogens is 284 g/mol. The van der Waals surface area contributed by atoms with Gasteiger partial charge in [-0.1, -0.05) is 11.6 Å². The first-order valence-corrected chi connectivity index (χ1v) is 6.86. The van der Waals surface area contributed by atoms with E-state index < -0.39 is 5.97 Å². The van der Waals surface area contributed by atoms with Crippen LogP contribution in [0.1, 0.15) is 15.2 Å². The first-order chi connectivity index (χ1) is 9.06. The number of benzene rings is 1. The summed E-state index contributed by atoms with van der Waals surface area (Å²) in [6.07, 6.45) is 0.783. The summed E-state index contributed by atoms with van der Waals surface area (Å²) in [5.74, 6) is -0.971. The molecule has 0 aliphatic carbocycles. The number of hydrogen-bond acceptors (Lipinski definition) is 4. The van der Waals surface area contributed by atoms with Gasteiger partial charge in [0.05, 0.1) is 15.6 Å². The van der Waals surface area contributed by atoms with Crippen LogP contribution in [0.3, 0.4) is 0 Å². The minimum Gasteiger partial charge on any atom is -0.478 e. The van der Waals surface area contributed by atoms with Gasteiger partial charge in [-0.3, -0.25) is 0 Å². The lowest BCUT2D eigenvalue weighted by atomic mass is 10.1. The normalized spacial score (nSPS) is 10.4. The smallest absolute Gasteiger partial charge is 0.337 e. The summed E-state index contributed by atoms with van der Waals surface area (Å²) < 4.78 is 0.755. The summed E-state index contributed by atoms with van der Waals surface area (Å²) in [4.78, 5) is 12.2. The quantitative estimate of drug-likeness (QED) is 0.740. The fraction of sp³-hybridized carbons (Fsp3) is 0.154. The van der Waals surface area contributed by atoms with Crippen LogP contribution in [0.4, 0.5) is 11.4 Å². The van der Waals surface area contributed by atoms with Gasteiger partial charge in [0.1, 0.15) is 0 Å². The summed E-state index contributed by atoms with van der Waals surface area (Å²) in [5, 5.41) is 12.2. The molecule has 4 nitrogen and oxygen atoms in total. The minimum atomic E-state index is -0.971. The highest BCUT2D eigenvalue weighted by Gasteiger charge is 2.09. The Bertz CT molecular complexity index is 598. The molecular formula is C13H13ClN2O2S. The van der Waals surface area contributed by atoms with Crippen molar-refractivity contribution in [2.24, 2.45) is 0 Å². The summed E-state index contributed by atoms with van der Waals surface area (Å²) in [6, 6.07) is 8.53. The van der Waals surface area contributed by atoms with E-state index in [2.05, 4.69) is 5.32 Å². The third-order valence-electron chi connectivity index (χ3n) is 2.59. The van der Waals surface area contributed by atoms with Gasteiger partial charge in [0.15, 0.2) is 0 Å². The van der Waals surface area contributed by atoms with Gasteiger partial charge in [-0.25, -0.2) is 4.79 Å². The highest BCUT2D eigenvalue weighted by molar-refractivity contribution is 7.16. The largest absolute Gasteiger partial charge is 0.478 e. The molecule has 19 heavy (non-hydrogen) atoms. The molecule has 0 atom stereocenters. The first-order valence-electron chi connectivity index (χ1n) is 5.67. The van der Waals surface area contributed by atoms with Gasteiger partial charge in [-0.15, -0.1) is 11.3 Å². The highest BCUT2D eigenvalue weighted by atomic mass is 35.5. The molecule has 0 aliphatic heterocycles. The number of halogens is 1. The number of carboxylic acids is 1. The van der Waals surface area contributed by atoms with Gasteiger partial charge < -0.3 is 16.2 Å². The summed E-state index contributed by atoms with van der Waals surface area (Å²) >= 11 is 7.37. The van der Waals surface area contributed by atoms with Gasteiger partial charge in [0.2, 0.25) is 0 Å². The Morgan fingerprint density at radius 1 is 1.37 bits per heavy atom. The van der Waals surface area contributed by atoms with E-state index in [0.29, 0.717) is 17.9 Å². The molecule has 0 saturated carbocycles. The number of nitrogens with two attached hydrogens (primary N) is 1. The van der Waals surface area contributed by atoms with Crippen LogP contribution in [0.25, 0.3) is 0 Å². The van der Waals surface area contributed by atoms with Gasteiger partial charge in [-0.2, -0.15) is 0 Å². The van der Waals surface area contributed by atoms with Crippen molar-refractivity contribution in [2.45, 2.75) is 6.42 Å². The lowest BCUT2D eigenvalue weighted by Crippen LogP contribution is -2.09. The summed E-state index contributed by atoms with van der Waals surface area (Å²) in [7, 11) is 0. The molecule has 0 fully saturated rings. The monoisotopic (exact) mass is 296 g/mol. The van der Waals surface area contributed by atoms with Crippen LogP contribution in [-0.4, -0.2) is 17.6 Å². The molecule has 0 saturated heterocycles. The first kappa shape index (κ1) is 13.7. The Labute approximate surface area is 119 Å². The molecule has 0 spiro atoms. The average Bonchev–Trinajstić information content (AvgIpc) is 2.75. The van der Waals surface area contributed by atoms with Crippen molar-refractivity contribution >= 4 is 40.3 Å². The molecule has 2 rings (SSSR count). The van der Waals surface area contributed by atoms with Crippen LogP contribution in [0, 0.1) is 0 Å². The van der Waals surface area contributed by atoms with E-state index in [9.17, 15) is 4.79 Å². The van der Waals surface area contributed by atoms with E-state index in [-0.39, 0.29) is 5.56 Å². The number of carbonyl (C=O) groups is 1. The zero-order valence-corrected chi connectivity index (χ0v) is 11.6. The number of aromatic carboxylic acids is 1. The van der Waals surface area contributed by atoms with Crippen molar-refractivity contribution < 1.29 is 9.90 Å². The predicted octanol–water partition coefficient (Wildman–Crippen LogP) is 3.34. The maximum Gasteiger partial charge on any atom is 0.337 e. The van der Waals surface area contributed by atoms with Crippen molar-refractivity contribution in [1.29, 1.82) is 0 Å². The second kappa shape index (κ2) is 5.95. The van der Waals surface area contributed by atoms with E-state index in [1.54, 1.807) is 12.1 Å². The molecule has 0 bridgehead atoms. The topological polar surface area (TPSA) is 75.4 Å². The van der Waals surface area contributed by atoms with Crippen molar-refractivity contribution in [1.82, 2.24) is 0 Å². The van der Waals surface area contributed by atoms with Crippen molar-refractivity contribution in [2.75, 3.05) is 17.6 Å². The highest BCUT2D eigenvalue weighted by Crippen LogP contribution is 2.23. The Hall–Kier alpha value is -1.72.